The van der Waals surface area contributed by atoms with Gasteiger partial charge in [-0.3, -0.25) is 10.0 Å². The second-order valence-electron chi connectivity index (χ2n) is 16.3. The smallest absolute Gasteiger partial charge is 0.124 e. The summed E-state index contributed by atoms with van der Waals surface area (Å²) < 4.78 is 2.40. The van der Waals surface area contributed by atoms with Crippen LogP contribution < -0.4 is 10.0 Å². The predicted octanol–water partition coefficient (Wildman–Crippen LogP) is 14.6. The van der Waals surface area contributed by atoms with Crippen LogP contribution in [0.2, 0.25) is 0 Å². The Kier molecular flexibility index (Phi) is 9.73. The van der Waals surface area contributed by atoms with Crippen molar-refractivity contribution in [3.05, 3.63) is 229 Å². The van der Waals surface area contributed by atoms with Crippen LogP contribution in [0.1, 0.15) is 47.2 Å². The molecule has 10 aromatic rings. The quantitative estimate of drug-likeness (QED) is 0.145. The molecule has 2 unspecified atom stereocenters. The minimum Gasteiger partial charge on any atom is -0.257 e. The van der Waals surface area contributed by atoms with Crippen molar-refractivity contribution in [2.45, 2.75) is 24.9 Å². The fraction of sp³-hybridized carbons (Fsp3) is 0.0714. The summed E-state index contributed by atoms with van der Waals surface area (Å²) in [5.41, 5.74) is 15.7. The molecular weight excluding hydrogens is 821 g/mol. The van der Waals surface area contributed by atoms with Gasteiger partial charge in [0.2, 0.25) is 0 Å². The number of fused-ring (bicyclic) bond motifs is 2. The molecule has 2 aromatic heterocycles. The molecule has 306 valence electrons. The molecule has 0 saturated carbocycles. The number of benzene rings is 8. The van der Waals surface area contributed by atoms with Gasteiger partial charge in [0.05, 0.1) is 55.3 Å². The van der Waals surface area contributed by atoms with Gasteiger partial charge in [-0.1, -0.05) is 133 Å². The molecule has 0 saturated heterocycles. The molecule has 2 atom stereocenters. The number of hydrogen-bond donors (Lipinski definition) is 0. The van der Waals surface area contributed by atoms with Crippen molar-refractivity contribution in [3.63, 3.8) is 0 Å². The minimum absolute atomic E-state index is 0.0577. The number of hydrazone groups is 2. The lowest BCUT2D eigenvalue weighted by atomic mass is 9.94. The van der Waals surface area contributed by atoms with Gasteiger partial charge in [-0.05, 0) is 106 Å². The third-order valence-electron chi connectivity index (χ3n) is 12.3. The molecule has 0 aliphatic carbocycles. The molecule has 0 amide bonds. The van der Waals surface area contributed by atoms with Gasteiger partial charge in [0.1, 0.15) is 10.0 Å². The van der Waals surface area contributed by atoms with Gasteiger partial charge in [-0.25, -0.2) is 9.97 Å². The maximum atomic E-state index is 5.25. The molecule has 8 heteroatoms. The van der Waals surface area contributed by atoms with Crippen molar-refractivity contribution in [2.24, 2.45) is 10.2 Å². The zero-order valence-corrected chi connectivity index (χ0v) is 36.3. The number of thiazole rings is 2. The summed E-state index contributed by atoms with van der Waals surface area (Å²) in [6.45, 7) is 0. The third-order valence-corrected chi connectivity index (χ3v) is 14.5. The molecule has 0 N–H and O–H groups in total. The van der Waals surface area contributed by atoms with Crippen LogP contribution in [0.5, 0.6) is 0 Å². The predicted molar refractivity (Wildman–Crippen MR) is 268 cm³/mol. The van der Waals surface area contributed by atoms with Gasteiger partial charge in [-0.15, -0.1) is 22.7 Å². The van der Waals surface area contributed by atoms with Gasteiger partial charge in [0.15, 0.2) is 0 Å². The van der Waals surface area contributed by atoms with Gasteiger partial charge in [0, 0.05) is 24.0 Å². The Morgan fingerprint density at radius 2 is 0.703 bits per heavy atom. The van der Waals surface area contributed by atoms with E-state index in [-0.39, 0.29) is 12.1 Å². The van der Waals surface area contributed by atoms with E-state index in [4.69, 9.17) is 20.2 Å². The summed E-state index contributed by atoms with van der Waals surface area (Å²) in [6.07, 6.45) is 1.63. The van der Waals surface area contributed by atoms with Gasteiger partial charge in [-0.2, -0.15) is 10.2 Å². The summed E-state index contributed by atoms with van der Waals surface area (Å²) in [6, 6.07) is 73.4. The Bertz CT molecular complexity index is 3030. The first kappa shape index (κ1) is 38.2. The van der Waals surface area contributed by atoms with Crippen LogP contribution in [0, 0.1) is 0 Å². The summed E-state index contributed by atoms with van der Waals surface area (Å²) >= 11 is 3.45. The molecule has 0 bridgehead atoms. The number of para-hydroxylation sites is 2. The van der Waals surface area contributed by atoms with Crippen molar-refractivity contribution < 1.29 is 0 Å². The van der Waals surface area contributed by atoms with Crippen LogP contribution in [-0.4, -0.2) is 21.4 Å². The zero-order chi connectivity index (χ0) is 42.4. The van der Waals surface area contributed by atoms with Gasteiger partial charge >= 0.3 is 0 Å². The Balaban J connectivity index is 0.803. The van der Waals surface area contributed by atoms with E-state index in [9.17, 15) is 0 Å². The first-order valence-corrected chi connectivity index (χ1v) is 23.3. The fourth-order valence-corrected chi connectivity index (χ4v) is 10.9. The topological polar surface area (TPSA) is 57.0 Å². The maximum absolute atomic E-state index is 5.25. The van der Waals surface area contributed by atoms with Crippen LogP contribution in [0.4, 0.5) is 11.4 Å². The number of anilines is 2. The van der Waals surface area contributed by atoms with Gasteiger partial charge < -0.3 is 0 Å². The Morgan fingerprint density at radius 3 is 1.09 bits per heavy atom. The minimum atomic E-state index is 0.0577. The monoisotopic (exact) mass is 860 g/mol. The van der Waals surface area contributed by atoms with E-state index in [1.807, 2.05) is 12.1 Å². The SMILES string of the molecule is c1ccc(C2=NN(c3ccc(-c4nc5ccccc5s4)cc3)C(c3ccc(-c4ccc(C5CC(c6ccccc6)=NN5c5ccc(-c6nc7ccccc7s6)cc5)cc4)cc3)C2)cc1. The summed E-state index contributed by atoms with van der Waals surface area (Å²) in [5, 5.41) is 17.0. The summed E-state index contributed by atoms with van der Waals surface area (Å²) in [5.74, 6) is 0. The van der Waals surface area contributed by atoms with E-state index in [0.29, 0.717) is 0 Å². The summed E-state index contributed by atoms with van der Waals surface area (Å²) in [7, 11) is 0. The molecule has 12 rings (SSSR count). The van der Waals surface area contributed by atoms with E-state index in [1.165, 1.54) is 31.7 Å². The number of aromatic nitrogens is 2. The lowest BCUT2D eigenvalue weighted by molar-refractivity contribution is 0.709. The Morgan fingerprint density at radius 1 is 0.344 bits per heavy atom. The van der Waals surface area contributed by atoms with Crippen molar-refractivity contribution in [1.29, 1.82) is 0 Å². The number of nitrogens with zero attached hydrogens (tertiary/aromatic N) is 6. The highest BCUT2D eigenvalue weighted by atomic mass is 32.1. The fourth-order valence-electron chi connectivity index (χ4n) is 8.93. The molecule has 2 aliphatic heterocycles. The highest BCUT2D eigenvalue weighted by molar-refractivity contribution is 7.22. The largest absolute Gasteiger partial charge is 0.257 e. The molecule has 4 heterocycles. The Labute approximate surface area is 379 Å². The molecule has 8 aromatic carbocycles. The highest BCUT2D eigenvalue weighted by Gasteiger charge is 2.32. The maximum Gasteiger partial charge on any atom is 0.124 e. The first-order valence-electron chi connectivity index (χ1n) is 21.6. The zero-order valence-electron chi connectivity index (χ0n) is 34.7. The van der Waals surface area contributed by atoms with E-state index in [0.717, 1.165) is 78.9 Å². The van der Waals surface area contributed by atoms with Crippen molar-refractivity contribution in [2.75, 3.05) is 10.0 Å². The number of rotatable bonds is 9. The average Bonchev–Trinajstić information content (AvgIpc) is 4.20. The lowest BCUT2D eigenvalue weighted by Crippen LogP contribution is -2.18. The van der Waals surface area contributed by atoms with Crippen molar-refractivity contribution in [1.82, 2.24) is 9.97 Å². The van der Waals surface area contributed by atoms with E-state index < -0.39 is 0 Å². The van der Waals surface area contributed by atoms with Crippen LogP contribution >= 0.6 is 22.7 Å². The molecular formula is C56H40N6S2. The molecule has 0 spiro atoms. The van der Waals surface area contributed by atoms with E-state index >= 15 is 0 Å². The second kappa shape index (κ2) is 16.3. The molecule has 2 aliphatic rings. The van der Waals surface area contributed by atoms with Crippen molar-refractivity contribution >= 4 is 65.9 Å². The Hall–Kier alpha value is -7.52. The molecule has 0 radical (unpaired) electrons. The standard InChI is InChI=1S/C56H40N6S2/c1-3-11-39(12-4-1)49-35-51(61(59-49)45-31-27-43(28-32-45)55-57-47-15-7-9-17-53(47)63-55)41-23-19-37(20-24-41)38-21-25-42(26-22-38)52-36-50(40-13-5-2-6-14-40)60-62(52)46-33-29-44(30-34-46)56-58-48-16-8-10-18-54(48)64-56/h1-34,51-52H,35-36H2. The number of hydrogen-bond acceptors (Lipinski definition) is 8. The summed E-state index contributed by atoms with van der Waals surface area (Å²) in [4.78, 5) is 9.80. The normalized spacial score (nSPS) is 16.1. The highest BCUT2D eigenvalue weighted by Crippen LogP contribution is 2.41. The van der Waals surface area contributed by atoms with Crippen LogP contribution in [-0.2, 0) is 0 Å². The van der Waals surface area contributed by atoms with Crippen LogP contribution in [0.15, 0.2) is 216 Å². The van der Waals surface area contributed by atoms with Crippen molar-refractivity contribution in [3.8, 4) is 32.3 Å². The molecule has 64 heavy (non-hydrogen) atoms. The van der Waals surface area contributed by atoms with Crippen LogP contribution in [0.25, 0.3) is 52.7 Å². The third kappa shape index (κ3) is 7.26. The van der Waals surface area contributed by atoms with E-state index in [1.54, 1.807) is 22.7 Å². The molecule has 0 fully saturated rings. The molecule has 6 nitrogen and oxygen atoms in total. The second-order valence-corrected chi connectivity index (χ2v) is 18.3. The van der Waals surface area contributed by atoms with E-state index in [2.05, 4.69) is 204 Å². The van der Waals surface area contributed by atoms with Gasteiger partial charge in [0.25, 0.3) is 0 Å². The average molecular weight is 861 g/mol. The lowest BCUT2D eigenvalue weighted by Gasteiger charge is -2.25. The van der Waals surface area contributed by atoms with Crippen LogP contribution in [0.3, 0.4) is 0 Å². The first-order chi connectivity index (χ1) is 31.7.